The number of rotatable bonds is 6. The highest BCUT2D eigenvalue weighted by Crippen LogP contribution is 2.33. The van der Waals surface area contributed by atoms with Crippen LogP contribution in [-0.2, 0) is 11.2 Å². The first-order valence-corrected chi connectivity index (χ1v) is 8.95. The average Bonchev–Trinajstić information content (AvgIpc) is 2.65. The number of para-hydroxylation sites is 2. The van der Waals surface area contributed by atoms with E-state index in [-0.39, 0.29) is 18.1 Å². The summed E-state index contributed by atoms with van der Waals surface area (Å²) in [4.78, 5) is 14.8. The first kappa shape index (κ1) is 18.3. The van der Waals surface area contributed by atoms with E-state index in [1.54, 1.807) is 0 Å². The lowest BCUT2D eigenvalue weighted by atomic mass is 10.0. The topological polar surface area (TPSA) is 50.8 Å². The molecule has 2 aromatic carbocycles. The van der Waals surface area contributed by atoms with Crippen molar-refractivity contribution in [3.8, 4) is 11.5 Å². The number of nitrogens with zero attached hydrogens (tertiary/aromatic N) is 1. The molecule has 0 saturated carbocycles. The van der Waals surface area contributed by atoms with Gasteiger partial charge in [0.25, 0.3) is 5.91 Å². The van der Waals surface area contributed by atoms with Crippen molar-refractivity contribution in [2.45, 2.75) is 31.6 Å². The van der Waals surface area contributed by atoms with Crippen molar-refractivity contribution in [3.05, 3.63) is 60.2 Å². The summed E-state index contributed by atoms with van der Waals surface area (Å²) in [6.45, 7) is 2.41. The molecule has 3 rings (SSSR count). The van der Waals surface area contributed by atoms with Gasteiger partial charge in [0.2, 0.25) is 6.10 Å². The molecule has 0 bridgehead atoms. The van der Waals surface area contributed by atoms with Crippen molar-refractivity contribution in [2.24, 2.45) is 0 Å². The Bertz CT molecular complexity index is 733. The van der Waals surface area contributed by atoms with Crippen LogP contribution in [0.5, 0.6) is 11.5 Å². The quantitative estimate of drug-likeness (QED) is 0.866. The van der Waals surface area contributed by atoms with Crippen LogP contribution in [0.25, 0.3) is 0 Å². The minimum Gasteiger partial charge on any atom is -0.482 e. The molecule has 1 aliphatic heterocycles. The molecule has 0 fully saturated rings. The molecular weight excluding hydrogens is 328 g/mol. The zero-order chi connectivity index (χ0) is 18.5. The summed E-state index contributed by atoms with van der Waals surface area (Å²) in [5.74, 6) is 1.14. The monoisotopic (exact) mass is 354 g/mol. The van der Waals surface area contributed by atoms with E-state index < -0.39 is 6.10 Å². The average molecular weight is 354 g/mol. The Kier molecular flexibility index (Phi) is 5.78. The molecule has 26 heavy (non-hydrogen) atoms. The molecule has 1 aliphatic rings. The highest BCUT2D eigenvalue weighted by molar-refractivity contribution is 5.82. The molecule has 2 aromatic rings. The van der Waals surface area contributed by atoms with Gasteiger partial charge >= 0.3 is 0 Å². The largest absolute Gasteiger partial charge is 0.482 e. The molecule has 5 heteroatoms. The van der Waals surface area contributed by atoms with E-state index in [0.29, 0.717) is 18.0 Å². The van der Waals surface area contributed by atoms with E-state index in [1.807, 2.05) is 63.5 Å². The van der Waals surface area contributed by atoms with Crippen LogP contribution in [0.3, 0.4) is 0 Å². The molecular formula is C21H26N2O3. The van der Waals surface area contributed by atoms with Gasteiger partial charge in [0, 0.05) is 12.6 Å². The van der Waals surface area contributed by atoms with Crippen molar-refractivity contribution >= 4 is 5.91 Å². The van der Waals surface area contributed by atoms with Crippen LogP contribution in [-0.4, -0.2) is 49.7 Å². The Morgan fingerprint density at radius 3 is 2.31 bits per heavy atom. The van der Waals surface area contributed by atoms with Gasteiger partial charge in [-0.3, -0.25) is 4.79 Å². The smallest absolute Gasteiger partial charge is 0.265 e. The maximum absolute atomic E-state index is 12.7. The van der Waals surface area contributed by atoms with Crippen molar-refractivity contribution in [3.63, 3.8) is 0 Å². The second-order valence-electron chi connectivity index (χ2n) is 6.86. The number of carbonyl (C=O) groups excluding carboxylic acids is 1. The number of nitrogens with one attached hydrogen (secondary N) is 1. The fourth-order valence-electron chi connectivity index (χ4n) is 3.05. The van der Waals surface area contributed by atoms with Crippen LogP contribution in [0, 0.1) is 0 Å². The van der Waals surface area contributed by atoms with Crippen molar-refractivity contribution in [2.75, 3.05) is 20.6 Å². The molecule has 1 heterocycles. The number of fused-ring (bicyclic) bond motifs is 1. The molecule has 138 valence electrons. The first-order chi connectivity index (χ1) is 12.5. The highest BCUT2D eigenvalue weighted by Gasteiger charge is 2.34. The third kappa shape index (κ3) is 4.35. The van der Waals surface area contributed by atoms with Gasteiger partial charge < -0.3 is 19.7 Å². The van der Waals surface area contributed by atoms with Gasteiger partial charge in [-0.2, -0.15) is 0 Å². The van der Waals surface area contributed by atoms with E-state index in [9.17, 15) is 4.79 Å². The predicted octanol–water partition coefficient (Wildman–Crippen LogP) is 2.50. The molecule has 0 spiro atoms. The van der Waals surface area contributed by atoms with Gasteiger partial charge in [-0.15, -0.1) is 0 Å². The van der Waals surface area contributed by atoms with Gasteiger partial charge in [0.1, 0.15) is 6.10 Å². The number of amides is 1. The lowest BCUT2D eigenvalue weighted by Crippen LogP contribution is -2.51. The zero-order valence-corrected chi connectivity index (χ0v) is 15.5. The summed E-state index contributed by atoms with van der Waals surface area (Å²) in [7, 11) is 4.05. The Balaban J connectivity index is 1.60. The van der Waals surface area contributed by atoms with Gasteiger partial charge in [0.15, 0.2) is 11.5 Å². The molecule has 1 N–H and O–H groups in total. The summed E-state index contributed by atoms with van der Waals surface area (Å²) in [5.41, 5.74) is 1.25. The predicted molar refractivity (Wildman–Crippen MR) is 102 cm³/mol. The van der Waals surface area contributed by atoms with Crippen LogP contribution >= 0.6 is 0 Å². The summed E-state index contributed by atoms with van der Waals surface area (Å²) in [5, 5.41) is 3.03. The Hall–Kier alpha value is -2.53. The minimum atomic E-state index is -0.649. The lowest BCUT2D eigenvalue weighted by molar-refractivity contribution is -0.133. The molecule has 5 nitrogen and oxygen atoms in total. The second-order valence-corrected chi connectivity index (χ2v) is 6.86. The molecule has 0 aromatic heterocycles. The van der Waals surface area contributed by atoms with E-state index in [1.165, 1.54) is 5.56 Å². The second kappa shape index (κ2) is 8.23. The molecule has 0 unspecified atom stereocenters. The SMILES string of the molecule is C[C@@H]1Oc2ccccc2O[C@H]1C(=O)NC[C@@H](Cc1ccccc1)N(C)C. The molecule has 0 aliphatic carbocycles. The maximum atomic E-state index is 12.7. The molecule has 3 atom stereocenters. The molecule has 1 amide bonds. The van der Waals surface area contributed by atoms with Crippen LogP contribution in [0.4, 0.5) is 0 Å². The van der Waals surface area contributed by atoms with E-state index in [4.69, 9.17) is 9.47 Å². The van der Waals surface area contributed by atoms with Gasteiger partial charge in [-0.25, -0.2) is 0 Å². The molecule has 0 radical (unpaired) electrons. The molecule has 0 saturated heterocycles. The number of ether oxygens (including phenoxy) is 2. The number of carbonyl (C=O) groups is 1. The maximum Gasteiger partial charge on any atom is 0.265 e. The number of benzene rings is 2. The van der Waals surface area contributed by atoms with E-state index in [0.717, 1.165) is 6.42 Å². The Morgan fingerprint density at radius 2 is 1.65 bits per heavy atom. The summed E-state index contributed by atoms with van der Waals surface area (Å²) in [6, 6.07) is 17.9. The van der Waals surface area contributed by atoms with E-state index in [2.05, 4.69) is 22.3 Å². The van der Waals surface area contributed by atoms with Crippen LogP contribution in [0.15, 0.2) is 54.6 Å². The standard InChI is InChI=1S/C21H26N2O3/c1-15-20(26-19-12-8-7-11-18(19)25-15)21(24)22-14-17(23(2)3)13-16-9-5-4-6-10-16/h4-12,15,17,20H,13-14H2,1-3H3,(H,22,24)/t15-,17+,20+/m0/s1. The Morgan fingerprint density at radius 1 is 1.04 bits per heavy atom. The van der Waals surface area contributed by atoms with Crippen LogP contribution in [0.2, 0.25) is 0 Å². The van der Waals surface area contributed by atoms with Crippen LogP contribution < -0.4 is 14.8 Å². The van der Waals surface area contributed by atoms with E-state index >= 15 is 0 Å². The number of hydrogen-bond acceptors (Lipinski definition) is 4. The van der Waals surface area contributed by atoms with Crippen molar-refractivity contribution < 1.29 is 14.3 Å². The fraction of sp³-hybridized carbons (Fsp3) is 0.381. The van der Waals surface area contributed by atoms with Crippen LogP contribution in [0.1, 0.15) is 12.5 Å². The van der Waals surface area contributed by atoms with Gasteiger partial charge in [-0.05, 0) is 45.1 Å². The third-order valence-corrected chi connectivity index (χ3v) is 4.66. The summed E-state index contributed by atoms with van der Waals surface area (Å²) < 4.78 is 11.7. The fourth-order valence-corrected chi connectivity index (χ4v) is 3.05. The normalized spacial score (nSPS) is 19.8. The summed E-state index contributed by atoms with van der Waals surface area (Å²) in [6.07, 6.45) is -0.115. The number of hydrogen-bond donors (Lipinski definition) is 1. The first-order valence-electron chi connectivity index (χ1n) is 8.95. The minimum absolute atomic E-state index is 0.146. The zero-order valence-electron chi connectivity index (χ0n) is 15.5. The number of likely N-dealkylation sites (N-methyl/N-ethyl adjacent to an activating group) is 1. The van der Waals surface area contributed by atoms with Crippen molar-refractivity contribution in [1.29, 1.82) is 0 Å². The Labute approximate surface area is 154 Å². The third-order valence-electron chi connectivity index (χ3n) is 4.66. The van der Waals surface area contributed by atoms with Gasteiger partial charge in [0.05, 0.1) is 0 Å². The van der Waals surface area contributed by atoms with Crippen molar-refractivity contribution in [1.82, 2.24) is 10.2 Å². The summed E-state index contributed by atoms with van der Waals surface area (Å²) >= 11 is 0. The van der Waals surface area contributed by atoms with Gasteiger partial charge in [-0.1, -0.05) is 42.5 Å². The highest BCUT2D eigenvalue weighted by atomic mass is 16.6. The lowest BCUT2D eigenvalue weighted by Gasteiger charge is -2.32.